The van der Waals surface area contributed by atoms with Gasteiger partial charge in [0.05, 0.1) is 5.71 Å². The van der Waals surface area contributed by atoms with E-state index in [0.717, 1.165) is 10.8 Å². The van der Waals surface area contributed by atoms with Crippen molar-refractivity contribution in [1.29, 1.82) is 0 Å². The number of carbonyl (C=O) groups is 1. The van der Waals surface area contributed by atoms with Crippen molar-refractivity contribution in [2.75, 3.05) is 6.61 Å². The molecule has 2 N–H and O–H groups in total. The lowest BCUT2D eigenvalue weighted by molar-refractivity contribution is -0.123. The SMILES string of the molecule is CC/C(=N\NC(=O)COc1ccc2ccccc2c1)c1ccccc1O. The Balaban J connectivity index is 1.61. The average Bonchev–Trinajstić information content (AvgIpc) is 2.68. The molecule has 132 valence electrons. The predicted octanol–water partition coefficient (Wildman–Crippen LogP) is 3.85. The molecule has 0 radical (unpaired) electrons. The normalized spacial score (nSPS) is 11.3. The van der Waals surface area contributed by atoms with Gasteiger partial charge in [-0.25, -0.2) is 5.43 Å². The van der Waals surface area contributed by atoms with Gasteiger partial charge in [0, 0.05) is 5.56 Å². The molecule has 0 saturated carbocycles. The van der Waals surface area contributed by atoms with Crippen LogP contribution in [0.3, 0.4) is 0 Å². The highest BCUT2D eigenvalue weighted by Crippen LogP contribution is 2.20. The molecule has 0 aliphatic rings. The Morgan fingerprint density at radius 3 is 2.54 bits per heavy atom. The maximum atomic E-state index is 12.0. The second kappa shape index (κ2) is 8.16. The van der Waals surface area contributed by atoms with Gasteiger partial charge in [-0.3, -0.25) is 4.79 Å². The third kappa shape index (κ3) is 4.19. The molecule has 0 fully saturated rings. The van der Waals surface area contributed by atoms with Gasteiger partial charge in [-0.2, -0.15) is 5.10 Å². The Labute approximate surface area is 151 Å². The van der Waals surface area contributed by atoms with Gasteiger partial charge in [0.15, 0.2) is 6.61 Å². The molecule has 0 saturated heterocycles. The number of hydrogen-bond donors (Lipinski definition) is 2. The number of hydrazone groups is 1. The van der Waals surface area contributed by atoms with Gasteiger partial charge in [0.25, 0.3) is 5.91 Å². The summed E-state index contributed by atoms with van der Waals surface area (Å²) in [6.07, 6.45) is 0.573. The number of carbonyl (C=O) groups excluding carboxylic acids is 1. The summed E-state index contributed by atoms with van der Waals surface area (Å²) < 4.78 is 5.54. The van der Waals surface area contributed by atoms with Gasteiger partial charge in [0.1, 0.15) is 11.5 Å². The van der Waals surface area contributed by atoms with E-state index < -0.39 is 0 Å². The third-order valence-electron chi connectivity index (χ3n) is 3.96. The standard InChI is InChI=1S/C21H20N2O3/c1-2-19(18-9-5-6-10-20(18)24)22-23-21(25)14-26-17-12-11-15-7-3-4-8-16(15)13-17/h3-13,24H,2,14H2,1H3,(H,23,25)/b22-19+. The quantitative estimate of drug-likeness (QED) is 0.525. The number of amides is 1. The van der Waals surface area contributed by atoms with Crippen LogP contribution >= 0.6 is 0 Å². The second-order valence-electron chi connectivity index (χ2n) is 5.76. The molecular formula is C21H20N2O3. The summed E-state index contributed by atoms with van der Waals surface area (Å²) in [6.45, 7) is 1.77. The minimum atomic E-state index is -0.362. The summed E-state index contributed by atoms with van der Waals surface area (Å²) in [6, 6.07) is 20.5. The molecule has 3 aromatic carbocycles. The summed E-state index contributed by atoms with van der Waals surface area (Å²) in [5.41, 5.74) is 3.68. The minimum absolute atomic E-state index is 0.134. The fourth-order valence-electron chi connectivity index (χ4n) is 2.62. The largest absolute Gasteiger partial charge is 0.507 e. The lowest BCUT2D eigenvalue weighted by Crippen LogP contribution is -2.26. The van der Waals surface area contributed by atoms with E-state index in [4.69, 9.17) is 4.74 Å². The number of fused-ring (bicyclic) bond motifs is 1. The summed E-state index contributed by atoms with van der Waals surface area (Å²) in [4.78, 5) is 12.0. The Kier molecular flexibility index (Phi) is 5.49. The molecule has 3 rings (SSSR count). The maximum absolute atomic E-state index is 12.0. The lowest BCUT2D eigenvalue weighted by Gasteiger charge is -2.08. The van der Waals surface area contributed by atoms with Crippen LogP contribution in [0.2, 0.25) is 0 Å². The fourth-order valence-corrected chi connectivity index (χ4v) is 2.62. The van der Waals surface area contributed by atoms with E-state index in [1.807, 2.05) is 55.5 Å². The lowest BCUT2D eigenvalue weighted by atomic mass is 10.1. The first-order valence-corrected chi connectivity index (χ1v) is 8.42. The van der Waals surface area contributed by atoms with Crippen LogP contribution in [0.1, 0.15) is 18.9 Å². The molecule has 0 aliphatic heterocycles. The zero-order valence-corrected chi connectivity index (χ0v) is 14.5. The number of rotatable bonds is 6. The van der Waals surface area contributed by atoms with Crippen LogP contribution in [0.4, 0.5) is 0 Å². The van der Waals surface area contributed by atoms with Crippen molar-refractivity contribution in [3.05, 3.63) is 72.3 Å². The molecule has 1 amide bonds. The van der Waals surface area contributed by atoms with E-state index in [1.165, 1.54) is 0 Å². The van der Waals surface area contributed by atoms with E-state index in [2.05, 4.69) is 10.5 Å². The van der Waals surface area contributed by atoms with Crippen LogP contribution in [0.25, 0.3) is 10.8 Å². The molecule has 0 spiro atoms. The summed E-state index contributed by atoms with van der Waals surface area (Å²) in [5.74, 6) is 0.397. The third-order valence-corrected chi connectivity index (χ3v) is 3.96. The second-order valence-corrected chi connectivity index (χ2v) is 5.76. The molecule has 5 nitrogen and oxygen atoms in total. The van der Waals surface area contributed by atoms with Gasteiger partial charge < -0.3 is 9.84 Å². The molecule has 5 heteroatoms. The zero-order valence-electron chi connectivity index (χ0n) is 14.5. The molecule has 0 aliphatic carbocycles. The first kappa shape index (κ1) is 17.5. The number of aromatic hydroxyl groups is 1. The molecule has 0 bridgehead atoms. The minimum Gasteiger partial charge on any atom is -0.507 e. The summed E-state index contributed by atoms with van der Waals surface area (Å²) in [7, 11) is 0. The molecule has 0 aromatic heterocycles. The van der Waals surface area contributed by atoms with Gasteiger partial charge in [-0.15, -0.1) is 0 Å². The number of nitrogens with one attached hydrogen (secondary N) is 1. The molecule has 0 unspecified atom stereocenters. The number of nitrogens with zero attached hydrogens (tertiary/aromatic N) is 1. The smallest absolute Gasteiger partial charge is 0.277 e. The fraction of sp³-hybridized carbons (Fsp3) is 0.143. The van der Waals surface area contributed by atoms with Crippen molar-refractivity contribution in [3.63, 3.8) is 0 Å². The van der Waals surface area contributed by atoms with E-state index >= 15 is 0 Å². The van der Waals surface area contributed by atoms with Crippen molar-refractivity contribution >= 4 is 22.4 Å². The predicted molar refractivity (Wildman–Crippen MR) is 103 cm³/mol. The number of hydrogen-bond acceptors (Lipinski definition) is 4. The van der Waals surface area contributed by atoms with Crippen molar-refractivity contribution < 1.29 is 14.6 Å². The Hall–Kier alpha value is -3.34. The number of ether oxygens (including phenoxy) is 1. The van der Waals surface area contributed by atoms with Crippen LogP contribution < -0.4 is 10.2 Å². The van der Waals surface area contributed by atoms with Crippen LogP contribution in [0.15, 0.2) is 71.8 Å². The first-order chi connectivity index (χ1) is 12.7. The van der Waals surface area contributed by atoms with Crippen LogP contribution in [-0.2, 0) is 4.79 Å². The molecule has 0 atom stereocenters. The van der Waals surface area contributed by atoms with Crippen LogP contribution in [-0.4, -0.2) is 23.3 Å². The van der Waals surface area contributed by atoms with Gasteiger partial charge in [0.2, 0.25) is 0 Å². The van der Waals surface area contributed by atoms with Crippen molar-refractivity contribution in [1.82, 2.24) is 5.43 Å². The first-order valence-electron chi connectivity index (χ1n) is 8.42. The highest BCUT2D eigenvalue weighted by atomic mass is 16.5. The van der Waals surface area contributed by atoms with Crippen LogP contribution in [0.5, 0.6) is 11.5 Å². The summed E-state index contributed by atoms with van der Waals surface area (Å²) >= 11 is 0. The van der Waals surface area contributed by atoms with E-state index in [9.17, 15) is 9.90 Å². The Morgan fingerprint density at radius 2 is 1.77 bits per heavy atom. The van der Waals surface area contributed by atoms with E-state index in [-0.39, 0.29) is 18.3 Å². The molecule has 26 heavy (non-hydrogen) atoms. The highest BCUT2D eigenvalue weighted by molar-refractivity contribution is 6.03. The van der Waals surface area contributed by atoms with E-state index in [1.54, 1.807) is 18.2 Å². The van der Waals surface area contributed by atoms with E-state index in [0.29, 0.717) is 23.4 Å². The number of phenols is 1. The number of benzene rings is 3. The zero-order chi connectivity index (χ0) is 18.4. The van der Waals surface area contributed by atoms with Crippen molar-refractivity contribution in [3.8, 4) is 11.5 Å². The maximum Gasteiger partial charge on any atom is 0.277 e. The van der Waals surface area contributed by atoms with Gasteiger partial charge in [-0.05, 0) is 41.5 Å². The van der Waals surface area contributed by atoms with Gasteiger partial charge in [-0.1, -0.05) is 49.4 Å². The van der Waals surface area contributed by atoms with Crippen molar-refractivity contribution in [2.24, 2.45) is 5.10 Å². The highest BCUT2D eigenvalue weighted by Gasteiger charge is 2.08. The van der Waals surface area contributed by atoms with Crippen molar-refractivity contribution in [2.45, 2.75) is 13.3 Å². The Bertz CT molecular complexity index is 951. The van der Waals surface area contributed by atoms with Gasteiger partial charge >= 0.3 is 0 Å². The topological polar surface area (TPSA) is 70.9 Å². The molecule has 3 aromatic rings. The molecule has 0 heterocycles. The monoisotopic (exact) mass is 348 g/mol. The summed E-state index contributed by atoms with van der Waals surface area (Å²) in [5, 5.41) is 16.2. The molecular weight excluding hydrogens is 328 g/mol. The number of para-hydroxylation sites is 1. The average molecular weight is 348 g/mol. The Morgan fingerprint density at radius 1 is 1.04 bits per heavy atom. The number of phenolic OH excluding ortho intramolecular Hbond substituents is 1. The van der Waals surface area contributed by atoms with Crippen LogP contribution in [0, 0.1) is 0 Å².